The van der Waals surface area contributed by atoms with Crippen molar-refractivity contribution in [3.63, 3.8) is 0 Å². The lowest BCUT2D eigenvalue weighted by molar-refractivity contribution is -0.162. The lowest BCUT2D eigenvalue weighted by Gasteiger charge is -2.42. The average molecular weight is 980 g/mol. The predicted molar refractivity (Wildman–Crippen MR) is 246 cm³/mol. The summed E-state index contributed by atoms with van der Waals surface area (Å²) in [5, 5.41) is 23.2. The second-order valence-corrected chi connectivity index (χ2v) is 20.3. The number of nitrogens with one attached hydrogen (secondary N) is 1. The van der Waals surface area contributed by atoms with Crippen LogP contribution in [0, 0.1) is 17.8 Å². The monoisotopic (exact) mass is 978 g/mol. The van der Waals surface area contributed by atoms with Crippen molar-refractivity contribution in [1.82, 2.24) is 15.1 Å². The minimum atomic E-state index is -1.88. The third-order valence-electron chi connectivity index (χ3n) is 14.0. The molecule has 6 rings (SSSR count). The van der Waals surface area contributed by atoms with E-state index in [0.29, 0.717) is 43.5 Å². The van der Waals surface area contributed by atoms with Gasteiger partial charge in [-0.15, -0.1) is 11.8 Å². The van der Waals surface area contributed by atoms with Crippen LogP contribution in [0.1, 0.15) is 84.6 Å². The highest BCUT2D eigenvalue weighted by Gasteiger charge is 2.64. The molecule has 1 unspecified atom stereocenters. The molecular weight excluding hydrogens is 916 g/mol. The number of likely N-dealkylation sites (tertiary alicyclic amines) is 1. The van der Waals surface area contributed by atoms with E-state index in [2.05, 4.69) is 5.32 Å². The van der Waals surface area contributed by atoms with Crippen LogP contribution in [0.15, 0.2) is 35.9 Å². The Labute approximate surface area is 400 Å². The van der Waals surface area contributed by atoms with E-state index in [1.807, 2.05) is 13.0 Å². The van der Waals surface area contributed by atoms with E-state index in [9.17, 15) is 43.8 Å². The Kier molecular flexibility index (Phi) is 16.4. The number of benzene rings is 1. The first-order valence-corrected chi connectivity index (χ1v) is 24.1. The Morgan fingerprint density at radius 2 is 1.79 bits per heavy atom. The van der Waals surface area contributed by atoms with Crippen molar-refractivity contribution < 1.29 is 67.5 Å². The number of imide groups is 1. The number of amides is 5. The molecule has 0 spiro atoms. The molecule has 5 amide bonds. The molecule has 20 heteroatoms. The number of alkyl carbamates (subject to hydrolysis) is 1. The summed E-state index contributed by atoms with van der Waals surface area (Å²) in [7, 11) is 5.87. The molecule has 0 radical (unpaired) electrons. The summed E-state index contributed by atoms with van der Waals surface area (Å²) in [4.78, 5) is 96.2. The van der Waals surface area contributed by atoms with Gasteiger partial charge in [0.2, 0.25) is 23.6 Å². The molecule has 1 aromatic carbocycles. The van der Waals surface area contributed by atoms with Gasteiger partial charge in [-0.25, -0.2) is 9.59 Å². The Balaban J connectivity index is 1.16. The standard InChI is InChI=1S/C47H63ClN4O14S/c1-25-10-9-11-35(63-8)47(61)23-33(64-45(60)49-47)26(2)41-46(4,66-41)36(22-38(54)51(6)31-19-29(18-25)20-32(62-7)40(31)48)65-44(59)27(3)50(5)37(53)16-17-67-34-21-39(55)52(42(34)56)24-28-12-14-30(15-13-28)43(57)58/h9-11,19-20,26-28,30,33-36,41,61H,12-18,21-24H2,1-8H3,(H,49,60)(H,57,58)/b11-9+,25-10+/t26-,27+,28?,30?,33+,34?,35-,36+,41-,46+,47+/m1/s1/i21+1,34+1,39+1,42+1. The Morgan fingerprint density at radius 3 is 2.45 bits per heavy atom. The van der Waals surface area contributed by atoms with Gasteiger partial charge in [0.25, 0.3) is 0 Å². The summed E-state index contributed by atoms with van der Waals surface area (Å²) in [6.07, 6.45) is 2.63. The number of ether oxygens (including phenoxy) is 5. The van der Waals surface area contributed by atoms with Crippen LogP contribution in [-0.2, 0) is 54.1 Å². The molecule has 3 saturated heterocycles. The molecule has 4 aliphatic heterocycles. The van der Waals surface area contributed by atoms with Gasteiger partial charge in [0.1, 0.15) is 40.7 Å². The van der Waals surface area contributed by atoms with Crippen LogP contribution in [-0.4, -0.2) is 149 Å². The van der Waals surface area contributed by atoms with Gasteiger partial charge in [-0.2, -0.15) is 0 Å². The number of carbonyl (C=O) groups excluding carboxylic acids is 6. The highest BCUT2D eigenvalue weighted by atomic mass is 35.5. The third kappa shape index (κ3) is 11.6. The number of halogens is 1. The molecule has 4 heterocycles. The highest BCUT2D eigenvalue weighted by molar-refractivity contribution is 8.00. The van der Waals surface area contributed by atoms with E-state index in [0.717, 1.165) is 11.1 Å². The second kappa shape index (κ2) is 21.3. The number of fused-ring (bicyclic) bond motifs is 5. The summed E-state index contributed by atoms with van der Waals surface area (Å²) in [5.41, 5.74) is -1.16. The van der Waals surface area contributed by atoms with Gasteiger partial charge >= 0.3 is 18.0 Å². The van der Waals surface area contributed by atoms with Gasteiger partial charge < -0.3 is 43.7 Å². The number of nitrogens with zero attached hydrogens (tertiary/aromatic N) is 3. The number of allylic oxidation sites excluding steroid dienone is 3. The zero-order valence-corrected chi connectivity index (χ0v) is 40.9. The number of methoxy groups -OCH3 is 2. The molecule has 4 fully saturated rings. The first kappa shape index (κ1) is 51.7. The van der Waals surface area contributed by atoms with Gasteiger partial charge in [0.05, 0.1) is 36.5 Å². The quantitative estimate of drug-likeness (QED) is 0.112. The molecule has 9 atom stereocenters. The maximum atomic E-state index is 14.3. The number of hydrogen-bond acceptors (Lipinski definition) is 14. The van der Waals surface area contributed by atoms with Crippen LogP contribution in [0.4, 0.5) is 10.5 Å². The van der Waals surface area contributed by atoms with E-state index in [1.165, 1.54) is 54.7 Å². The van der Waals surface area contributed by atoms with Gasteiger partial charge in [-0.3, -0.25) is 34.2 Å². The number of hydrogen-bond donors (Lipinski definition) is 3. The van der Waals surface area contributed by atoms with Crippen LogP contribution >= 0.6 is 23.4 Å². The van der Waals surface area contributed by atoms with Gasteiger partial charge in [-0.05, 0) is 76.5 Å². The fourth-order valence-electron chi connectivity index (χ4n) is 9.51. The molecule has 5 aliphatic rings. The minimum Gasteiger partial charge on any atom is -0.495 e. The summed E-state index contributed by atoms with van der Waals surface area (Å²) >= 11 is 8.00. The maximum Gasteiger partial charge on any atom is 0.409 e. The molecule has 368 valence electrons. The van der Waals surface area contributed by atoms with Gasteiger partial charge in [-0.1, -0.05) is 42.3 Å². The van der Waals surface area contributed by atoms with Gasteiger partial charge in [0.15, 0.2) is 5.72 Å². The molecule has 0 aromatic heterocycles. The number of aliphatic hydroxyl groups is 1. The predicted octanol–water partition coefficient (Wildman–Crippen LogP) is 4.66. The Morgan fingerprint density at radius 1 is 1.09 bits per heavy atom. The van der Waals surface area contributed by atoms with Crippen LogP contribution in [0.25, 0.3) is 0 Å². The SMILES string of the molecule is COc1cc2cc(c1Cl)N(C)C(=O)C[C@H](OC(=O)[C@H](C)N(C)C(=O)CCS[13CH]1[13CH2][13C](=O)N(CC3CCC(C(=O)O)CC3)[13C]1=O)[C@]1(C)O[C@@H]1[C@H](C)[C@@H]1C[C@@](O)(NC(=O)O1)[C@H](OC)/C=C/C=C(\C)C2. The normalized spacial score (nSPS) is 33.1. The van der Waals surface area contributed by atoms with Crippen molar-refractivity contribution in [2.45, 2.75) is 133 Å². The number of aliphatic carboxylic acids is 1. The summed E-state index contributed by atoms with van der Waals surface area (Å²) in [6, 6.07) is 2.40. The lowest BCUT2D eigenvalue weighted by atomic mass is 9.82. The van der Waals surface area contributed by atoms with E-state index < -0.39 is 88.7 Å². The molecule has 67 heavy (non-hydrogen) atoms. The zero-order valence-electron chi connectivity index (χ0n) is 39.3. The number of esters is 1. The largest absolute Gasteiger partial charge is 0.495 e. The zero-order chi connectivity index (χ0) is 49.1. The number of rotatable bonds is 12. The number of anilines is 1. The molecule has 4 bridgehead atoms. The van der Waals surface area contributed by atoms with Crippen LogP contribution in [0.3, 0.4) is 0 Å². The fourth-order valence-corrected chi connectivity index (χ4v) is 10.9. The van der Waals surface area contributed by atoms with E-state index in [-0.39, 0.29) is 60.7 Å². The van der Waals surface area contributed by atoms with Crippen LogP contribution in [0.2, 0.25) is 5.02 Å². The summed E-state index contributed by atoms with van der Waals surface area (Å²) < 4.78 is 29.4. The summed E-state index contributed by atoms with van der Waals surface area (Å²) in [6.45, 7) is 7.10. The number of carboxylic acid groups (broad SMARTS) is 1. The molecule has 1 saturated carbocycles. The average Bonchev–Trinajstić information content (AvgIpc) is 3.91. The number of thioether (sulfide) groups is 1. The fraction of sp³-hybridized carbons (Fsp3) is 0.638. The molecule has 3 N–H and O–H groups in total. The highest BCUT2D eigenvalue weighted by Crippen LogP contribution is 2.49. The Hall–Kier alpha value is -4.69. The number of likely N-dealkylation sites (N-methyl/N-ethyl adjacent to an activating group) is 1. The number of carboxylic acids is 1. The van der Waals surface area contributed by atoms with Crippen LogP contribution in [0.5, 0.6) is 5.75 Å². The number of epoxide rings is 1. The maximum absolute atomic E-state index is 14.3. The molecule has 1 aliphatic carbocycles. The molecule has 1 aromatic rings. The molecule has 18 nitrogen and oxygen atoms in total. The van der Waals surface area contributed by atoms with E-state index in [1.54, 1.807) is 45.2 Å². The van der Waals surface area contributed by atoms with E-state index in [4.69, 9.17) is 35.3 Å². The first-order valence-electron chi connectivity index (χ1n) is 22.6. The molecular formula is C47H63ClN4O14S. The van der Waals surface area contributed by atoms with E-state index >= 15 is 0 Å². The van der Waals surface area contributed by atoms with Crippen LogP contribution < -0.4 is 15.0 Å². The van der Waals surface area contributed by atoms with Crippen molar-refractivity contribution >= 4 is 70.7 Å². The number of carbonyl (C=O) groups is 7. The second-order valence-electron chi connectivity index (χ2n) is 18.6. The first-order chi connectivity index (χ1) is 31.6. The van der Waals surface area contributed by atoms with Crippen molar-refractivity contribution in [2.75, 3.05) is 45.5 Å². The topological polar surface area (TPSA) is 231 Å². The summed E-state index contributed by atoms with van der Waals surface area (Å²) in [5.74, 6) is -3.58. The third-order valence-corrected chi connectivity index (χ3v) is 15.6. The Bertz CT molecular complexity index is 2170. The van der Waals surface area contributed by atoms with Crippen molar-refractivity contribution in [3.05, 3.63) is 46.5 Å². The van der Waals surface area contributed by atoms with Gasteiger partial charge in [0, 0.05) is 58.7 Å². The minimum absolute atomic E-state index is 0.00460. The van der Waals surface area contributed by atoms with Crippen molar-refractivity contribution in [3.8, 4) is 5.75 Å². The van der Waals surface area contributed by atoms with Crippen molar-refractivity contribution in [1.29, 1.82) is 0 Å². The van der Waals surface area contributed by atoms with Crippen molar-refractivity contribution in [2.24, 2.45) is 17.8 Å². The smallest absolute Gasteiger partial charge is 0.409 e. The lowest BCUT2D eigenvalue weighted by Crippen LogP contribution is -2.63.